The van der Waals surface area contributed by atoms with Crippen LogP contribution in [0.25, 0.3) is 0 Å². The molecule has 1 heterocycles. The first kappa shape index (κ1) is 14.1. The number of para-hydroxylation sites is 1. The number of benzene rings is 1. The van der Waals surface area contributed by atoms with Crippen molar-refractivity contribution in [1.82, 2.24) is 15.3 Å². The summed E-state index contributed by atoms with van der Waals surface area (Å²) in [5.74, 6) is 0.363. The van der Waals surface area contributed by atoms with Gasteiger partial charge in [-0.3, -0.25) is 10.2 Å². The number of piperazine rings is 1. The number of hydrazine groups is 1. The summed E-state index contributed by atoms with van der Waals surface area (Å²) in [7, 11) is 2.07. The summed E-state index contributed by atoms with van der Waals surface area (Å²) >= 11 is 5.94. The smallest absolute Gasteiger partial charge is 0.272 e. The molecule has 0 spiro atoms. The van der Waals surface area contributed by atoms with Gasteiger partial charge in [0.2, 0.25) is 0 Å². The second-order valence-electron chi connectivity index (χ2n) is 4.54. The molecule has 5 nitrogen and oxygen atoms in total. The molecule has 0 atom stereocenters. The van der Waals surface area contributed by atoms with Crippen LogP contribution in [0.1, 0.15) is 0 Å². The van der Waals surface area contributed by atoms with Gasteiger partial charge in [0.1, 0.15) is 5.75 Å². The summed E-state index contributed by atoms with van der Waals surface area (Å²) in [6.07, 6.45) is 0. The topological polar surface area (TPSA) is 44.8 Å². The third-order valence-electron chi connectivity index (χ3n) is 2.98. The lowest BCUT2D eigenvalue weighted by Gasteiger charge is -2.32. The molecule has 0 saturated carbocycles. The highest BCUT2D eigenvalue weighted by Crippen LogP contribution is 2.22. The van der Waals surface area contributed by atoms with E-state index < -0.39 is 0 Å². The van der Waals surface area contributed by atoms with E-state index in [0.717, 1.165) is 26.2 Å². The summed E-state index contributed by atoms with van der Waals surface area (Å²) in [4.78, 5) is 14.0. The lowest BCUT2D eigenvalue weighted by Crippen LogP contribution is -2.53. The van der Waals surface area contributed by atoms with Crippen LogP contribution in [0.15, 0.2) is 24.3 Å². The zero-order valence-corrected chi connectivity index (χ0v) is 11.7. The van der Waals surface area contributed by atoms with Gasteiger partial charge in [0.15, 0.2) is 6.61 Å². The Balaban J connectivity index is 1.74. The predicted molar refractivity (Wildman–Crippen MR) is 74.2 cm³/mol. The number of hydrogen-bond donors (Lipinski definition) is 1. The molecule has 19 heavy (non-hydrogen) atoms. The van der Waals surface area contributed by atoms with E-state index in [1.54, 1.807) is 12.1 Å². The van der Waals surface area contributed by atoms with Crippen LogP contribution in [-0.4, -0.2) is 55.6 Å². The zero-order valence-electron chi connectivity index (χ0n) is 10.9. The molecule has 104 valence electrons. The molecular weight excluding hydrogens is 266 g/mol. The quantitative estimate of drug-likeness (QED) is 0.895. The number of halogens is 1. The molecule has 0 aliphatic carbocycles. The number of nitrogens with zero attached hydrogens (tertiary/aromatic N) is 2. The van der Waals surface area contributed by atoms with Gasteiger partial charge in [0, 0.05) is 26.2 Å². The highest BCUT2D eigenvalue weighted by atomic mass is 35.5. The molecule has 1 fully saturated rings. The van der Waals surface area contributed by atoms with Crippen LogP contribution in [-0.2, 0) is 4.79 Å². The number of ether oxygens (including phenoxy) is 1. The third kappa shape index (κ3) is 4.38. The number of rotatable bonds is 4. The van der Waals surface area contributed by atoms with Crippen molar-refractivity contribution in [3.63, 3.8) is 0 Å². The van der Waals surface area contributed by atoms with Crippen molar-refractivity contribution >= 4 is 17.5 Å². The first-order valence-corrected chi connectivity index (χ1v) is 6.63. The highest BCUT2D eigenvalue weighted by Gasteiger charge is 2.15. The van der Waals surface area contributed by atoms with Crippen LogP contribution in [0.5, 0.6) is 5.75 Å². The van der Waals surface area contributed by atoms with E-state index in [9.17, 15) is 4.79 Å². The van der Waals surface area contributed by atoms with E-state index in [-0.39, 0.29) is 12.5 Å². The van der Waals surface area contributed by atoms with E-state index in [4.69, 9.17) is 16.3 Å². The molecule has 0 bridgehead atoms. The molecule has 2 rings (SSSR count). The van der Waals surface area contributed by atoms with Crippen LogP contribution in [0.4, 0.5) is 0 Å². The molecule has 1 saturated heterocycles. The Bertz CT molecular complexity index is 434. The number of nitrogens with one attached hydrogen (secondary N) is 1. The van der Waals surface area contributed by atoms with Crippen molar-refractivity contribution in [2.45, 2.75) is 0 Å². The fourth-order valence-corrected chi connectivity index (χ4v) is 2.02. The number of carbonyl (C=O) groups excluding carboxylic acids is 1. The molecular formula is C13H18ClN3O2. The molecule has 6 heteroatoms. The molecule has 1 amide bonds. The second-order valence-corrected chi connectivity index (χ2v) is 4.95. The lowest BCUT2D eigenvalue weighted by molar-refractivity contribution is -0.128. The van der Waals surface area contributed by atoms with Crippen molar-refractivity contribution in [3.8, 4) is 5.75 Å². The maximum atomic E-state index is 11.7. The maximum absolute atomic E-state index is 11.7. The van der Waals surface area contributed by atoms with Gasteiger partial charge < -0.3 is 9.64 Å². The molecule has 1 N–H and O–H groups in total. The van der Waals surface area contributed by atoms with Gasteiger partial charge in [0.25, 0.3) is 5.91 Å². The Morgan fingerprint density at radius 2 is 2.00 bits per heavy atom. The zero-order chi connectivity index (χ0) is 13.7. The monoisotopic (exact) mass is 283 g/mol. The predicted octanol–water partition coefficient (Wildman–Crippen LogP) is 0.997. The molecule has 1 aliphatic rings. The SMILES string of the molecule is CN1CCN(NC(=O)COc2ccccc2Cl)CC1. The second kappa shape index (κ2) is 6.75. The Morgan fingerprint density at radius 3 is 2.68 bits per heavy atom. The van der Waals surface area contributed by atoms with E-state index in [1.807, 2.05) is 17.1 Å². The number of amides is 1. The minimum Gasteiger partial charge on any atom is -0.482 e. The average molecular weight is 284 g/mol. The Labute approximate surface area is 118 Å². The fourth-order valence-electron chi connectivity index (χ4n) is 1.83. The third-order valence-corrected chi connectivity index (χ3v) is 3.29. The van der Waals surface area contributed by atoms with Crippen LogP contribution >= 0.6 is 11.6 Å². The van der Waals surface area contributed by atoms with Gasteiger partial charge in [-0.1, -0.05) is 23.7 Å². The van der Waals surface area contributed by atoms with Crippen molar-refractivity contribution < 1.29 is 9.53 Å². The number of hydrogen-bond acceptors (Lipinski definition) is 4. The fraction of sp³-hybridized carbons (Fsp3) is 0.462. The van der Waals surface area contributed by atoms with Gasteiger partial charge in [-0.15, -0.1) is 0 Å². The van der Waals surface area contributed by atoms with Gasteiger partial charge >= 0.3 is 0 Å². The van der Waals surface area contributed by atoms with Crippen LogP contribution in [0.3, 0.4) is 0 Å². The Hall–Kier alpha value is -1.30. The first-order chi connectivity index (χ1) is 9.15. The van der Waals surface area contributed by atoms with Crippen molar-refractivity contribution in [3.05, 3.63) is 29.3 Å². The molecule has 0 radical (unpaired) electrons. The molecule has 1 aliphatic heterocycles. The van der Waals surface area contributed by atoms with E-state index in [0.29, 0.717) is 10.8 Å². The molecule has 0 aromatic heterocycles. The highest BCUT2D eigenvalue weighted by molar-refractivity contribution is 6.32. The molecule has 0 unspecified atom stereocenters. The Morgan fingerprint density at radius 1 is 1.32 bits per heavy atom. The van der Waals surface area contributed by atoms with E-state index >= 15 is 0 Å². The van der Waals surface area contributed by atoms with Crippen LogP contribution in [0, 0.1) is 0 Å². The lowest BCUT2D eigenvalue weighted by atomic mass is 10.3. The summed E-state index contributed by atoms with van der Waals surface area (Å²) in [5.41, 5.74) is 2.83. The van der Waals surface area contributed by atoms with E-state index in [2.05, 4.69) is 17.4 Å². The van der Waals surface area contributed by atoms with Crippen LogP contribution < -0.4 is 10.2 Å². The minimum absolute atomic E-state index is 0.0317. The Kier molecular flexibility index (Phi) is 5.01. The van der Waals surface area contributed by atoms with Crippen molar-refractivity contribution in [2.75, 3.05) is 39.8 Å². The summed E-state index contributed by atoms with van der Waals surface area (Å²) < 4.78 is 5.38. The van der Waals surface area contributed by atoms with Gasteiger partial charge in [-0.25, -0.2) is 5.01 Å². The van der Waals surface area contributed by atoms with E-state index in [1.165, 1.54) is 0 Å². The maximum Gasteiger partial charge on any atom is 0.272 e. The summed E-state index contributed by atoms with van der Waals surface area (Å²) in [6.45, 7) is 3.52. The average Bonchev–Trinajstić information content (AvgIpc) is 2.40. The minimum atomic E-state index is -0.163. The standard InChI is InChI=1S/C13H18ClN3O2/c1-16-6-8-17(9-7-16)15-13(18)10-19-12-5-3-2-4-11(12)14/h2-5H,6-10H2,1H3,(H,15,18). The van der Waals surface area contributed by atoms with Crippen LogP contribution in [0.2, 0.25) is 5.02 Å². The normalized spacial score (nSPS) is 17.2. The number of likely N-dealkylation sites (N-methyl/N-ethyl adjacent to an activating group) is 1. The summed E-state index contributed by atoms with van der Waals surface area (Å²) in [5, 5.41) is 2.42. The van der Waals surface area contributed by atoms with Gasteiger partial charge in [-0.2, -0.15) is 0 Å². The first-order valence-electron chi connectivity index (χ1n) is 6.25. The molecule has 1 aromatic rings. The van der Waals surface area contributed by atoms with Gasteiger partial charge in [-0.05, 0) is 19.2 Å². The van der Waals surface area contributed by atoms with Gasteiger partial charge in [0.05, 0.1) is 5.02 Å². The molecule has 1 aromatic carbocycles. The largest absolute Gasteiger partial charge is 0.482 e. The van der Waals surface area contributed by atoms with Crippen molar-refractivity contribution in [2.24, 2.45) is 0 Å². The van der Waals surface area contributed by atoms with Crippen molar-refractivity contribution in [1.29, 1.82) is 0 Å². The summed E-state index contributed by atoms with van der Waals surface area (Å²) in [6, 6.07) is 7.11. The number of carbonyl (C=O) groups is 1.